The van der Waals surface area contributed by atoms with E-state index in [4.69, 9.17) is 0 Å². The fourth-order valence-electron chi connectivity index (χ4n) is 2.20. The summed E-state index contributed by atoms with van der Waals surface area (Å²) in [5.74, 6) is 0.719. The van der Waals surface area contributed by atoms with Gasteiger partial charge in [-0.25, -0.2) is 4.39 Å². The van der Waals surface area contributed by atoms with Crippen LogP contribution in [0.1, 0.15) is 13.3 Å². The molecule has 1 aliphatic heterocycles. The zero-order valence-electron chi connectivity index (χ0n) is 11.8. The molecule has 0 bridgehead atoms. The highest BCUT2D eigenvalue weighted by atomic mass is 32.2. The van der Waals surface area contributed by atoms with Gasteiger partial charge >= 0.3 is 0 Å². The Kier molecular flexibility index (Phi) is 5.86. The minimum absolute atomic E-state index is 0.0110. The van der Waals surface area contributed by atoms with Crippen molar-refractivity contribution in [3.05, 3.63) is 30.1 Å². The highest BCUT2D eigenvalue weighted by Gasteiger charge is 2.21. The fourth-order valence-corrected chi connectivity index (χ4v) is 3.11. The number of carbonyl (C=O) groups is 1. The largest absolute Gasteiger partial charge is 0.341 e. The van der Waals surface area contributed by atoms with Crippen LogP contribution in [-0.2, 0) is 4.79 Å². The van der Waals surface area contributed by atoms with Crippen molar-refractivity contribution in [1.29, 1.82) is 0 Å². The van der Waals surface area contributed by atoms with Crippen molar-refractivity contribution in [3.63, 3.8) is 0 Å². The van der Waals surface area contributed by atoms with E-state index in [1.54, 1.807) is 23.9 Å². The molecule has 1 atom stereocenters. The van der Waals surface area contributed by atoms with Gasteiger partial charge in [-0.15, -0.1) is 11.8 Å². The second-order valence-electron chi connectivity index (χ2n) is 5.09. The summed E-state index contributed by atoms with van der Waals surface area (Å²) in [6.45, 7) is 5.48. The number of hydrogen-bond donors (Lipinski definition) is 1. The van der Waals surface area contributed by atoms with Crippen LogP contribution < -0.4 is 5.32 Å². The lowest BCUT2D eigenvalue weighted by atomic mass is 10.2. The third-order valence-electron chi connectivity index (χ3n) is 3.39. The van der Waals surface area contributed by atoms with Crippen LogP contribution in [0, 0.1) is 11.7 Å². The highest BCUT2D eigenvalue weighted by molar-refractivity contribution is 7.99. The maximum atomic E-state index is 12.8. The van der Waals surface area contributed by atoms with Crippen molar-refractivity contribution < 1.29 is 9.18 Å². The smallest absolute Gasteiger partial charge is 0.226 e. The van der Waals surface area contributed by atoms with Gasteiger partial charge in [-0.3, -0.25) is 4.79 Å². The van der Waals surface area contributed by atoms with Gasteiger partial charge in [0.05, 0.1) is 0 Å². The Hall–Kier alpha value is -1.07. The summed E-state index contributed by atoms with van der Waals surface area (Å²) in [6, 6.07) is 6.42. The molecule has 0 spiro atoms. The first-order chi connectivity index (χ1) is 9.66. The zero-order chi connectivity index (χ0) is 14.4. The van der Waals surface area contributed by atoms with Gasteiger partial charge < -0.3 is 10.2 Å². The average Bonchev–Trinajstić information content (AvgIpc) is 2.74. The molecule has 3 nitrogen and oxygen atoms in total. The van der Waals surface area contributed by atoms with Crippen molar-refractivity contribution in [2.45, 2.75) is 18.2 Å². The van der Waals surface area contributed by atoms with E-state index in [1.807, 2.05) is 11.8 Å². The van der Waals surface area contributed by atoms with E-state index in [9.17, 15) is 9.18 Å². The molecule has 1 fully saturated rings. The van der Waals surface area contributed by atoms with Crippen molar-refractivity contribution in [1.82, 2.24) is 10.2 Å². The number of amides is 1. The molecule has 110 valence electrons. The third kappa shape index (κ3) is 4.49. The van der Waals surface area contributed by atoms with Crippen molar-refractivity contribution in [3.8, 4) is 0 Å². The van der Waals surface area contributed by atoms with E-state index in [-0.39, 0.29) is 17.6 Å². The molecule has 2 rings (SSSR count). The number of carbonyl (C=O) groups excluding carboxylic acids is 1. The second-order valence-corrected chi connectivity index (χ2v) is 6.19. The van der Waals surface area contributed by atoms with E-state index >= 15 is 0 Å². The van der Waals surface area contributed by atoms with Crippen LogP contribution in [0.5, 0.6) is 0 Å². The molecule has 0 saturated carbocycles. The molecule has 1 unspecified atom stereocenters. The lowest BCUT2D eigenvalue weighted by Gasteiger charge is -2.23. The number of halogens is 1. The molecule has 0 aromatic heterocycles. The number of nitrogens with zero attached hydrogens (tertiary/aromatic N) is 1. The number of rotatable bonds is 4. The minimum atomic E-state index is -0.226. The summed E-state index contributed by atoms with van der Waals surface area (Å²) in [5.41, 5.74) is 0. The molecule has 1 aromatic rings. The van der Waals surface area contributed by atoms with Crippen LogP contribution in [0.4, 0.5) is 4.39 Å². The Bertz CT molecular complexity index is 430. The standard InChI is InChI=1S/C15H21FN2OS/c1-12(11-20-14-5-3-13(16)4-6-14)15(19)18-9-2-7-17-8-10-18/h3-6,12,17H,2,7-11H2,1H3. The van der Waals surface area contributed by atoms with E-state index in [1.165, 1.54) is 12.1 Å². The zero-order valence-corrected chi connectivity index (χ0v) is 12.6. The molecule has 20 heavy (non-hydrogen) atoms. The number of benzene rings is 1. The molecule has 1 amide bonds. The third-order valence-corrected chi connectivity index (χ3v) is 4.66. The summed E-state index contributed by atoms with van der Waals surface area (Å²) in [6.07, 6.45) is 1.02. The van der Waals surface area contributed by atoms with Gasteiger partial charge in [-0.05, 0) is 37.2 Å². The van der Waals surface area contributed by atoms with E-state index < -0.39 is 0 Å². The predicted molar refractivity (Wildman–Crippen MR) is 80.4 cm³/mol. The van der Waals surface area contributed by atoms with Gasteiger partial charge in [0, 0.05) is 36.2 Å². The van der Waals surface area contributed by atoms with E-state index in [2.05, 4.69) is 5.32 Å². The second kappa shape index (κ2) is 7.64. The first-order valence-corrected chi connectivity index (χ1v) is 8.03. The van der Waals surface area contributed by atoms with Gasteiger partial charge in [0.25, 0.3) is 0 Å². The Balaban J connectivity index is 1.82. The molecule has 1 aromatic carbocycles. The first-order valence-electron chi connectivity index (χ1n) is 7.04. The number of hydrogen-bond acceptors (Lipinski definition) is 3. The molecule has 0 radical (unpaired) electrons. The van der Waals surface area contributed by atoms with Gasteiger partial charge in [0.15, 0.2) is 0 Å². The molecule has 1 aliphatic rings. The quantitative estimate of drug-likeness (QED) is 0.866. The van der Waals surface area contributed by atoms with Crippen molar-refractivity contribution in [2.75, 3.05) is 31.9 Å². The summed E-state index contributed by atoms with van der Waals surface area (Å²) in [5, 5.41) is 3.30. The van der Waals surface area contributed by atoms with Crippen LogP contribution in [0.25, 0.3) is 0 Å². The van der Waals surface area contributed by atoms with Crippen LogP contribution in [-0.4, -0.2) is 42.7 Å². The van der Waals surface area contributed by atoms with Crippen LogP contribution in [0.3, 0.4) is 0 Å². The Morgan fingerprint density at radius 3 is 2.85 bits per heavy atom. The first kappa shape index (κ1) is 15.3. The molecule has 1 N–H and O–H groups in total. The maximum Gasteiger partial charge on any atom is 0.226 e. The Morgan fingerprint density at radius 2 is 2.10 bits per heavy atom. The van der Waals surface area contributed by atoms with Gasteiger partial charge in [0.1, 0.15) is 5.82 Å². The molecule has 0 aliphatic carbocycles. The topological polar surface area (TPSA) is 32.3 Å². The normalized spacial score (nSPS) is 17.6. The van der Waals surface area contributed by atoms with Crippen molar-refractivity contribution >= 4 is 17.7 Å². The molecular weight excluding hydrogens is 275 g/mol. The molecule has 1 saturated heterocycles. The van der Waals surface area contributed by atoms with Crippen molar-refractivity contribution in [2.24, 2.45) is 5.92 Å². The molecule has 1 heterocycles. The van der Waals surface area contributed by atoms with Gasteiger partial charge in [-0.2, -0.15) is 0 Å². The van der Waals surface area contributed by atoms with Gasteiger partial charge in [-0.1, -0.05) is 6.92 Å². The van der Waals surface area contributed by atoms with Crippen LogP contribution >= 0.6 is 11.8 Å². The summed E-state index contributed by atoms with van der Waals surface area (Å²) in [7, 11) is 0. The summed E-state index contributed by atoms with van der Waals surface area (Å²) in [4.78, 5) is 15.3. The van der Waals surface area contributed by atoms with Crippen LogP contribution in [0.15, 0.2) is 29.2 Å². The minimum Gasteiger partial charge on any atom is -0.341 e. The Labute approximate surface area is 123 Å². The highest BCUT2D eigenvalue weighted by Crippen LogP contribution is 2.22. The lowest BCUT2D eigenvalue weighted by Crippen LogP contribution is -2.38. The molecular formula is C15H21FN2OS. The van der Waals surface area contributed by atoms with Gasteiger partial charge in [0.2, 0.25) is 5.91 Å². The summed E-state index contributed by atoms with van der Waals surface area (Å²) >= 11 is 1.60. The van der Waals surface area contributed by atoms with E-state index in [0.29, 0.717) is 0 Å². The molecule has 5 heteroatoms. The average molecular weight is 296 g/mol. The monoisotopic (exact) mass is 296 g/mol. The number of nitrogens with one attached hydrogen (secondary N) is 1. The fraction of sp³-hybridized carbons (Fsp3) is 0.533. The van der Waals surface area contributed by atoms with E-state index in [0.717, 1.165) is 43.2 Å². The van der Waals surface area contributed by atoms with Crippen LogP contribution in [0.2, 0.25) is 0 Å². The SMILES string of the molecule is CC(CSc1ccc(F)cc1)C(=O)N1CCCNCC1. The maximum absolute atomic E-state index is 12.8. The Morgan fingerprint density at radius 1 is 1.35 bits per heavy atom. The summed E-state index contributed by atoms with van der Waals surface area (Å²) < 4.78 is 12.8. The lowest BCUT2D eigenvalue weighted by molar-refractivity contribution is -0.134. The number of thioether (sulfide) groups is 1. The predicted octanol–water partition coefficient (Wildman–Crippen LogP) is 2.38.